The Kier molecular flexibility index (Phi) is 4.29. The number of hydrogen-bond donors (Lipinski definition) is 3. The number of fused-ring (bicyclic) bond motifs is 1. The molecule has 4 aromatic rings. The molecule has 0 amide bonds. The lowest BCUT2D eigenvalue weighted by molar-refractivity contribution is -0.139. The van der Waals surface area contributed by atoms with E-state index < -0.39 is 12.0 Å². The van der Waals surface area contributed by atoms with Crippen molar-refractivity contribution in [2.24, 2.45) is 0 Å². The number of carboxylic acid groups (broad SMARTS) is 1. The fourth-order valence-corrected chi connectivity index (χ4v) is 3.22. The van der Waals surface area contributed by atoms with Gasteiger partial charge in [-0.05, 0) is 23.8 Å². The maximum atomic E-state index is 12.1. The second-order valence-electron chi connectivity index (χ2n) is 6.06. The number of furan rings is 1. The molecule has 2 aromatic carbocycles. The molecule has 0 saturated heterocycles. The van der Waals surface area contributed by atoms with Crippen molar-refractivity contribution in [3.63, 3.8) is 0 Å². The van der Waals surface area contributed by atoms with E-state index in [-0.39, 0.29) is 0 Å². The van der Waals surface area contributed by atoms with E-state index in [4.69, 9.17) is 4.42 Å². The lowest BCUT2D eigenvalue weighted by Gasteiger charge is -2.16. The molecule has 4 rings (SSSR count). The molecule has 0 radical (unpaired) electrons. The van der Waals surface area contributed by atoms with Gasteiger partial charge in [-0.3, -0.25) is 10.1 Å². The van der Waals surface area contributed by atoms with Crippen LogP contribution in [-0.4, -0.2) is 16.1 Å². The first kappa shape index (κ1) is 16.2. The summed E-state index contributed by atoms with van der Waals surface area (Å²) in [6.45, 7) is 0.331. The van der Waals surface area contributed by atoms with E-state index in [1.165, 1.54) is 0 Å². The van der Waals surface area contributed by atoms with Crippen LogP contribution in [-0.2, 0) is 11.3 Å². The number of rotatable bonds is 6. The van der Waals surface area contributed by atoms with Crippen LogP contribution in [0.2, 0.25) is 0 Å². The number of carbonyl (C=O) groups is 1. The summed E-state index contributed by atoms with van der Waals surface area (Å²) in [6.07, 6.45) is 1.58. The minimum Gasteiger partial charge on any atom is -0.480 e. The molecule has 0 saturated carbocycles. The molecular formula is C21H18N2O3. The number of nitrogens with one attached hydrogen (secondary N) is 2. The summed E-state index contributed by atoms with van der Waals surface area (Å²) in [7, 11) is 0. The molecule has 0 aliphatic carbocycles. The predicted octanol–water partition coefficient (Wildman–Crippen LogP) is 4.34. The number of carboxylic acids is 1. The van der Waals surface area contributed by atoms with Crippen LogP contribution in [0.3, 0.4) is 0 Å². The van der Waals surface area contributed by atoms with E-state index in [0.29, 0.717) is 12.3 Å². The van der Waals surface area contributed by atoms with Gasteiger partial charge in [-0.1, -0.05) is 48.5 Å². The summed E-state index contributed by atoms with van der Waals surface area (Å²) in [6, 6.07) is 20.2. The average molecular weight is 346 g/mol. The first-order valence-electron chi connectivity index (χ1n) is 8.38. The summed E-state index contributed by atoms with van der Waals surface area (Å²) in [5.41, 5.74) is 3.40. The number of benzene rings is 2. The summed E-state index contributed by atoms with van der Waals surface area (Å²) in [5, 5.41) is 13.9. The summed E-state index contributed by atoms with van der Waals surface area (Å²) in [5.74, 6) is -0.240. The highest BCUT2D eigenvalue weighted by Gasteiger charge is 2.27. The van der Waals surface area contributed by atoms with Crippen LogP contribution in [0.5, 0.6) is 0 Å². The third-order valence-corrected chi connectivity index (χ3v) is 4.40. The van der Waals surface area contributed by atoms with Crippen molar-refractivity contribution in [1.82, 2.24) is 10.3 Å². The van der Waals surface area contributed by atoms with Gasteiger partial charge in [0, 0.05) is 16.5 Å². The van der Waals surface area contributed by atoms with Crippen LogP contribution in [0.4, 0.5) is 0 Å². The molecule has 5 heteroatoms. The first-order valence-corrected chi connectivity index (χ1v) is 8.38. The van der Waals surface area contributed by atoms with Crippen LogP contribution < -0.4 is 5.32 Å². The van der Waals surface area contributed by atoms with Crippen molar-refractivity contribution < 1.29 is 14.3 Å². The second-order valence-corrected chi connectivity index (χ2v) is 6.06. The van der Waals surface area contributed by atoms with Gasteiger partial charge in [0.2, 0.25) is 0 Å². The van der Waals surface area contributed by atoms with E-state index in [1.807, 2.05) is 60.7 Å². The largest absolute Gasteiger partial charge is 0.480 e. The minimum absolute atomic E-state index is 0.331. The number of hydrogen-bond acceptors (Lipinski definition) is 3. The molecular weight excluding hydrogens is 328 g/mol. The van der Waals surface area contributed by atoms with E-state index in [0.717, 1.165) is 27.7 Å². The van der Waals surface area contributed by atoms with Crippen molar-refractivity contribution >= 4 is 16.9 Å². The predicted molar refractivity (Wildman–Crippen MR) is 99.7 cm³/mol. The van der Waals surface area contributed by atoms with Crippen molar-refractivity contribution in [2.75, 3.05) is 0 Å². The first-order chi connectivity index (χ1) is 12.7. The average Bonchev–Trinajstić information content (AvgIpc) is 3.31. The van der Waals surface area contributed by atoms with Gasteiger partial charge in [-0.2, -0.15) is 0 Å². The van der Waals surface area contributed by atoms with Crippen LogP contribution in [0.25, 0.3) is 22.2 Å². The lowest BCUT2D eigenvalue weighted by atomic mass is 9.98. The molecule has 1 atom stereocenters. The summed E-state index contributed by atoms with van der Waals surface area (Å²) in [4.78, 5) is 15.5. The lowest BCUT2D eigenvalue weighted by Crippen LogP contribution is -2.28. The fourth-order valence-electron chi connectivity index (χ4n) is 3.22. The Hall–Kier alpha value is -3.31. The monoisotopic (exact) mass is 346 g/mol. The Morgan fingerprint density at radius 3 is 2.54 bits per heavy atom. The van der Waals surface area contributed by atoms with Crippen LogP contribution >= 0.6 is 0 Å². The molecule has 1 unspecified atom stereocenters. The van der Waals surface area contributed by atoms with E-state index >= 15 is 0 Å². The van der Waals surface area contributed by atoms with Crippen molar-refractivity contribution in [3.8, 4) is 11.3 Å². The van der Waals surface area contributed by atoms with Gasteiger partial charge < -0.3 is 14.5 Å². The molecule has 26 heavy (non-hydrogen) atoms. The zero-order valence-electron chi connectivity index (χ0n) is 14.0. The van der Waals surface area contributed by atoms with Crippen molar-refractivity contribution in [1.29, 1.82) is 0 Å². The summed E-state index contributed by atoms with van der Waals surface area (Å²) < 4.78 is 5.32. The summed E-state index contributed by atoms with van der Waals surface area (Å²) >= 11 is 0. The highest BCUT2D eigenvalue weighted by molar-refractivity contribution is 5.95. The van der Waals surface area contributed by atoms with Gasteiger partial charge in [0.15, 0.2) is 0 Å². The highest BCUT2D eigenvalue weighted by Crippen LogP contribution is 2.35. The van der Waals surface area contributed by atoms with E-state index in [2.05, 4.69) is 10.3 Å². The zero-order chi connectivity index (χ0) is 17.9. The van der Waals surface area contributed by atoms with E-state index in [1.54, 1.807) is 12.3 Å². The van der Waals surface area contributed by atoms with E-state index in [9.17, 15) is 9.90 Å². The second kappa shape index (κ2) is 6.90. The molecule has 0 spiro atoms. The Morgan fingerprint density at radius 2 is 1.81 bits per heavy atom. The maximum absolute atomic E-state index is 12.1. The molecule has 2 aromatic heterocycles. The number of H-pyrrole nitrogens is 1. The zero-order valence-corrected chi connectivity index (χ0v) is 14.0. The van der Waals surface area contributed by atoms with Crippen molar-refractivity contribution in [3.05, 3.63) is 84.3 Å². The van der Waals surface area contributed by atoms with Gasteiger partial charge >= 0.3 is 5.97 Å². The van der Waals surface area contributed by atoms with Gasteiger partial charge in [-0.15, -0.1) is 0 Å². The molecule has 5 nitrogen and oxygen atoms in total. The maximum Gasteiger partial charge on any atom is 0.325 e. The number of aliphatic carboxylic acids is 1. The Morgan fingerprint density at radius 1 is 1.04 bits per heavy atom. The van der Waals surface area contributed by atoms with Gasteiger partial charge in [0.1, 0.15) is 11.8 Å². The molecule has 0 aliphatic rings. The third-order valence-electron chi connectivity index (χ3n) is 4.40. The van der Waals surface area contributed by atoms with Gasteiger partial charge in [0.25, 0.3) is 0 Å². The highest BCUT2D eigenvalue weighted by atomic mass is 16.4. The molecule has 0 bridgehead atoms. The molecule has 0 aliphatic heterocycles. The molecule has 0 fully saturated rings. The van der Waals surface area contributed by atoms with Gasteiger partial charge in [0.05, 0.1) is 18.5 Å². The number of aromatic amines is 1. The van der Waals surface area contributed by atoms with Crippen molar-refractivity contribution in [2.45, 2.75) is 12.6 Å². The van der Waals surface area contributed by atoms with Crippen LogP contribution in [0.15, 0.2) is 77.4 Å². The SMILES string of the molecule is O=C(O)C(NCc1ccco1)c1c(-c2ccccc2)[nH]c2ccccc12. The minimum atomic E-state index is -0.932. The molecule has 2 heterocycles. The third kappa shape index (κ3) is 3.00. The number of aromatic nitrogens is 1. The van der Waals surface area contributed by atoms with Gasteiger partial charge in [-0.25, -0.2) is 0 Å². The number of para-hydroxylation sites is 1. The molecule has 130 valence electrons. The normalized spacial score (nSPS) is 12.3. The Balaban J connectivity index is 1.82. The van der Waals surface area contributed by atoms with Crippen LogP contribution in [0.1, 0.15) is 17.4 Å². The molecule has 3 N–H and O–H groups in total. The standard InChI is InChI=1S/C21H18N2O3/c24-21(25)20(22-13-15-9-6-12-26-15)18-16-10-4-5-11-17(16)23-19(18)14-7-2-1-3-8-14/h1-12,20,22-23H,13H2,(H,24,25). The van der Waals surface area contributed by atoms with Crippen LogP contribution in [0, 0.1) is 0 Å². The fraction of sp³-hybridized carbons (Fsp3) is 0.0952. The Bertz CT molecular complexity index is 1020. The Labute approximate surface area is 150 Å². The topological polar surface area (TPSA) is 78.3 Å². The quantitative estimate of drug-likeness (QED) is 0.485. The smallest absolute Gasteiger partial charge is 0.325 e.